The average Bonchev–Trinajstić information content (AvgIpc) is 2.78. The zero-order chi connectivity index (χ0) is 13.6. The van der Waals surface area contributed by atoms with Gasteiger partial charge < -0.3 is 11.1 Å². The minimum absolute atomic E-state index is 0. The van der Waals surface area contributed by atoms with Crippen LogP contribution in [-0.4, -0.2) is 19.0 Å². The third-order valence-corrected chi connectivity index (χ3v) is 4.80. The lowest BCUT2D eigenvalue weighted by molar-refractivity contribution is -0.130. The van der Waals surface area contributed by atoms with Gasteiger partial charge in [0.25, 0.3) is 0 Å². The highest BCUT2D eigenvalue weighted by Gasteiger charge is 2.32. The van der Waals surface area contributed by atoms with Crippen LogP contribution in [-0.2, 0) is 11.2 Å². The van der Waals surface area contributed by atoms with Crippen LogP contribution < -0.4 is 11.1 Å². The molecule has 0 saturated heterocycles. The van der Waals surface area contributed by atoms with Crippen LogP contribution in [0, 0.1) is 5.41 Å². The summed E-state index contributed by atoms with van der Waals surface area (Å²) < 4.78 is 0.787. The van der Waals surface area contributed by atoms with Crippen molar-refractivity contribution in [1.29, 1.82) is 0 Å². The smallest absolute Gasteiger partial charge is 0.227 e. The molecule has 0 aromatic carbocycles. The highest BCUT2D eigenvalue weighted by Crippen LogP contribution is 2.25. The Morgan fingerprint density at radius 2 is 2.05 bits per heavy atom. The van der Waals surface area contributed by atoms with Crippen LogP contribution in [0.15, 0.2) is 12.1 Å². The van der Waals surface area contributed by atoms with Crippen LogP contribution in [0.4, 0.5) is 0 Å². The van der Waals surface area contributed by atoms with Gasteiger partial charge >= 0.3 is 0 Å². The molecule has 1 rings (SSSR count). The zero-order valence-electron chi connectivity index (χ0n) is 11.4. The van der Waals surface area contributed by atoms with Crippen LogP contribution in [0.3, 0.4) is 0 Å². The fraction of sp³-hybridized carbons (Fsp3) is 0.615. The van der Waals surface area contributed by atoms with Gasteiger partial charge in [-0.1, -0.05) is 25.4 Å². The molecule has 0 aliphatic heterocycles. The number of thiophene rings is 1. The van der Waals surface area contributed by atoms with Gasteiger partial charge in [0.1, 0.15) is 0 Å². The summed E-state index contributed by atoms with van der Waals surface area (Å²) in [6, 6.07) is 3.88. The number of rotatable bonds is 7. The van der Waals surface area contributed by atoms with Gasteiger partial charge in [0.2, 0.25) is 5.91 Å². The van der Waals surface area contributed by atoms with E-state index in [9.17, 15) is 4.79 Å². The van der Waals surface area contributed by atoms with Crippen LogP contribution in [0.5, 0.6) is 0 Å². The molecule has 3 nitrogen and oxygen atoms in total. The maximum Gasteiger partial charge on any atom is 0.227 e. The number of hydrogen-bond donors (Lipinski definition) is 2. The predicted octanol–water partition coefficient (Wildman–Crippen LogP) is 3.25. The first-order valence-corrected chi connectivity index (χ1v) is 7.50. The molecule has 0 fully saturated rings. The summed E-state index contributed by atoms with van der Waals surface area (Å²) in [5, 5.41) is 2.98. The first kappa shape index (κ1) is 18.7. The topological polar surface area (TPSA) is 55.1 Å². The van der Waals surface area contributed by atoms with E-state index in [0.29, 0.717) is 13.1 Å². The molecule has 0 saturated carbocycles. The standard InChI is InChI=1S/C13H21ClN2OS.ClH/c1-3-13(4-2,9-15)12(17)16-8-7-10-5-6-11(14)18-10;/h5-6H,3-4,7-9,15H2,1-2H3,(H,16,17);1H. The minimum atomic E-state index is -0.410. The number of carbonyl (C=O) groups is 1. The quantitative estimate of drug-likeness (QED) is 0.808. The third kappa shape index (κ3) is 4.95. The molecule has 19 heavy (non-hydrogen) atoms. The van der Waals surface area contributed by atoms with Gasteiger partial charge in [0.15, 0.2) is 0 Å². The summed E-state index contributed by atoms with van der Waals surface area (Å²) in [7, 11) is 0. The molecule has 0 bridgehead atoms. The van der Waals surface area contributed by atoms with Gasteiger partial charge in [-0.05, 0) is 31.4 Å². The van der Waals surface area contributed by atoms with E-state index in [2.05, 4.69) is 5.32 Å². The van der Waals surface area contributed by atoms with E-state index in [-0.39, 0.29) is 18.3 Å². The maximum atomic E-state index is 12.1. The van der Waals surface area contributed by atoms with E-state index >= 15 is 0 Å². The van der Waals surface area contributed by atoms with Crippen molar-refractivity contribution in [2.45, 2.75) is 33.1 Å². The van der Waals surface area contributed by atoms with E-state index in [1.165, 1.54) is 4.88 Å². The highest BCUT2D eigenvalue weighted by atomic mass is 35.5. The molecule has 0 atom stereocenters. The second kappa shape index (κ2) is 8.80. The van der Waals surface area contributed by atoms with E-state index in [1.54, 1.807) is 11.3 Å². The zero-order valence-corrected chi connectivity index (χ0v) is 13.8. The molecule has 1 amide bonds. The first-order chi connectivity index (χ1) is 8.57. The average molecular weight is 325 g/mol. The van der Waals surface area contributed by atoms with Crippen LogP contribution in [0.1, 0.15) is 31.6 Å². The van der Waals surface area contributed by atoms with E-state index in [4.69, 9.17) is 17.3 Å². The lowest BCUT2D eigenvalue weighted by atomic mass is 9.81. The molecule has 0 spiro atoms. The molecule has 0 aliphatic rings. The van der Waals surface area contributed by atoms with Crippen molar-refractivity contribution in [1.82, 2.24) is 5.32 Å². The second-order valence-corrected chi connectivity index (χ2v) is 6.20. The van der Waals surface area contributed by atoms with Crippen molar-refractivity contribution in [3.05, 3.63) is 21.3 Å². The van der Waals surface area contributed by atoms with Gasteiger partial charge in [0.05, 0.1) is 9.75 Å². The SMILES string of the molecule is CCC(CC)(CN)C(=O)NCCc1ccc(Cl)s1.Cl. The monoisotopic (exact) mass is 324 g/mol. The molecular weight excluding hydrogens is 303 g/mol. The molecule has 3 N–H and O–H groups in total. The van der Waals surface area contributed by atoms with Crippen molar-refractivity contribution >= 4 is 41.3 Å². The van der Waals surface area contributed by atoms with Gasteiger partial charge in [-0.25, -0.2) is 0 Å². The Morgan fingerprint density at radius 1 is 1.42 bits per heavy atom. The van der Waals surface area contributed by atoms with Crippen molar-refractivity contribution < 1.29 is 4.79 Å². The van der Waals surface area contributed by atoms with E-state index in [1.807, 2.05) is 26.0 Å². The Labute approximate surface area is 130 Å². The van der Waals surface area contributed by atoms with Gasteiger partial charge in [-0.2, -0.15) is 0 Å². The Morgan fingerprint density at radius 3 is 2.47 bits per heavy atom. The van der Waals surface area contributed by atoms with Gasteiger partial charge in [-0.15, -0.1) is 23.7 Å². The van der Waals surface area contributed by atoms with Crippen LogP contribution >= 0.6 is 35.3 Å². The Hall–Kier alpha value is -0.290. The summed E-state index contributed by atoms with van der Waals surface area (Å²) in [4.78, 5) is 13.3. The summed E-state index contributed by atoms with van der Waals surface area (Å²) in [6.45, 7) is 5.05. The molecule has 6 heteroatoms. The molecule has 0 aliphatic carbocycles. The van der Waals surface area contributed by atoms with Crippen LogP contribution in [0.25, 0.3) is 0 Å². The molecule has 0 radical (unpaired) electrons. The first-order valence-electron chi connectivity index (χ1n) is 6.30. The van der Waals surface area contributed by atoms with Gasteiger partial charge in [-0.3, -0.25) is 4.79 Å². The lowest BCUT2D eigenvalue weighted by Crippen LogP contribution is -2.45. The normalized spacial score (nSPS) is 10.9. The fourth-order valence-electron chi connectivity index (χ4n) is 1.93. The number of halogens is 2. The van der Waals surface area contributed by atoms with E-state index in [0.717, 1.165) is 23.6 Å². The number of carbonyl (C=O) groups excluding carboxylic acids is 1. The summed E-state index contributed by atoms with van der Waals surface area (Å²) >= 11 is 7.41. The maximum absolute atomic E-state index is 12.1. The highest BCUT2D eigenvalue weighted by molar-refractivity contribution is 7.16. The molecular formula is C13H22Cl2N2OS. The number of nitrogens with two attached hydrogens (primary N) is 1. The fourth-order valence-corrected chi connectivity index (χ4v) is 3.01. The molecule has 1 heterocycles. The van der Waals surface area contributed by atoms with Crippen molar-refractivity contribution in [2.24, 2.45) is 11.1 Å². The predicted molar refractivity (Wildman–Crippen MR) is 85.4 cm³/mol. The lowest BCUT2D eigenvalue weighted by Gasteiger charge is -2.28. The van der Waals surface area contributed by atoms with Crippen LogP contribution in [0.2, 0.25) is 4.34 Å². The number of amides is 1. The molecule has 110 valence electrons. The number of nitrogens with one attached hydrogen (secondary N) is 1. The summed E-state index contributed by atoms with van der Waals surface area (Å²) in [5.74, 6) is 0.0673. The Balaban J connectivity index is 0.00000324. The van der Waals surface area contributed by atoms with Crippen molar-refractivity contribution in [2.75, 3.05) is 13.1 Å². The van der Waals surface area contributed by atoms with E-state index < -0.39 is 5.41 Å². The van der Waals surface area contributed by atoms with Crippen molar-refractivity contribution in [3.8, 4) is 0 Å². The Bertz CT molecular complexity index is 383. The second-order valence-electron chi connectivity index (χ2n) is 4.40. The largest absolute Gasteiger partial charge is 0.355 e. The third-order valence-electron chi connectivity index (χ3n) is 3.51. The molecule has 1 aromatic heterocycles. The molecule has 0 unspecified atom stereocenters. The molecule has 1 aromatic rings. The van der Waals surface area contributed by atoms with Crippen molar-refractivity contribution in [3.63, 3.8) is 0 Å². The number of hydrogen-bond acceptors (Lipinski definition) is 3. The summed E-state index contributed by atoms with van der Waals surface area (Å²) in [6.07, 6.45) is 2.37. The Kier molecular flexibility index (Phi) is 8.66. The minimum Gasteiger partial charge on any atom is -0.355 e. The van der Waals surface area contributed by atoms with Gasteiger partial charge in [0, 0.05) is 18.0 Å². The summed E-state index contributed by atoms with van der Waals surface area (Å²) in [5.41, 5.74) is 5.33.